The number of hydrogen-bond donors (Lipinski definition) is 0. The summed E-state index contributed by atoms with van der Waals surface area (Å²) >= 11 is 0. The first kappa shape index (κ1) is 21.1. The normalized spacial score (nSPS) is 14.1. The van der Waals surface area contributed by atoms with Gasteiger partial charge in [-0.2, -0.15) is 0 Å². The fraction of sp³-hybridized carbons (Fsp3) is 0.115. The minimum absolute atomic E-state index is 0.155. The van der Waals surface area contributed by atoms with Gasteiger partial charge in [-0.15, -0.1) is 0 Å². The first-order valence-corrected chi connectivity index (χ1v) is 10.2. The number of aliphatic imine (C=N–C) groups is 1. The largest absolute Gasteiger partial charge is 0.482 e. The van der Waals surface area contributed by atoms with E-state index in [1.165, 1.54) is 0 Å². The van der Waals surface area contributed by atoms with Crippen molar-refractivity contribution >= 4 is 23.9 Å². The van der Waals surface area contributed by atoms with Gasteiger partial charge in [0.15, 0.2) is 12.3 Å². The van der Waals surface area contributed by atoms with E-state index < -0.39 is 11.9 Å². The fourth-order valence-corrected chi connectivity index (χ4v) is 3.13. The number of carbonyl (C=O) groups excluding carboxylic acids is 2. The van der Waals surface area contributed by atoms with Crippen LogP contribution in [-0.2, 0) is 19.1 Å². The highest BCUT2D eigenvalue weighted by atomic mass is 16.6. The molecule has 0 spiro atoms. The van der Waals surface area contributed by atoms with E-state index in [2.05, 4.69) is 4.99 Å². The van der Waals surface area contributed by atoms with Crippen molar-refractivity contribution in [3.63, 3.8) is 0 Å². The summed E-state index contributed by atoms with van der Waals surface area (Å²) in [5, 5.41) is 0. The smallest absolute Gasteiger partial charge is 0.363 e. The average Bonchev–Trinajstić information content (AvgIpc) is 3.19. The van der Waals surface area contributed by atoms with Gasteiger partial charge in [-0.05, 0) is 54.0 Å². The Bertz CT molecular complexity index is 1160. The SMILES string of the molecule is CCOC(=O)COc1ccc(/C=C2\N=C(c3ccc(-c4ccccc4)cc3)OC2=O)cc1. The van der Waals surface area contributed by atoms with Crippen molar-refractivity contribution in [1.82, 2.24) is 0 Å². The molecular formula is C26H21NO5. The predicted octanol–water partition coefficient (Wildman–Crippen LogP) is 4.64. The summed E-state index contributed by atoms with van der Waals surface area (Å²) in [7, 11) is 0. The molecule has 0 atom stereocenters. The molecule has 1 aliphatic rings. The van der Waals surface area contributed by atoms with Gasteiger partial charge in [0.05, 0.1) is 6.61 Å². The maximum atomic E-state index is 12.3. The van der Waals surface area contributed by atoms with Crippen molar-refractivity contribution in [3.05, 3.63) is 95.7 Å². The second-order valence-corrected chi connectivity index (χ2v) is 6.94. The summed E-state index contributed by atoms with van der Waals surface area (Å²) in [4.78, 5) is 28.0. The van der Waals surface area contributed by atoms with Gasteiger partial charge in [-0.1, -0.05) is 54.6 Å². The molecule has 4 rings (SSSR count). The molecule has 32 heavy (non-hydrogen) atoms. The molecule has 0 amide bonds. The van der Waals surface area contributed by atoms with Crippen molar-refractivity contribution < 1.29 is 23.8 Å². The zero-order valence-electron chi connectivity index (χ0n) is 17.5. The van der Waals surface area contributed by atoms with Crippen molar-refractivity contribution in [2.24, 2.45) is 4.99 Å². The molecule has 0 N–H and O–H groups in total. The molecule has 0 bridgehead atoms. The van der Waals surface area contributed by atoms with Crippen LogP contribution < -0.4 is 4.74 Å². The first-order valence-electron chi connectivity index (χ1n) is 10.2. The second-order valence-electron chi connectivity index (χ2n) is 6.94. The van der Waals surface area contributed by atoms with Gasteiger partial charge in [0.2, 0.25) is 5.90 Å². The Kier molecular flexibility index (Phi) is 6.41. The van der Waals surface area contributed by atoms with E-state index in [4.69, 9.17) is 14.2 Å². The van der Waals surface area contributed by atoms with Crippen LogP contribution in [0.25, 0.3) is 17.2 Å². The van der Waals surface area contributed by atoms with Gasteiger partial charge in [0.25, 0.3) is 0 Å². The Hall–Kier alpha value is -4.19. The van der Waals surface area contributed by atoms with Gasteiger partial charge in [-0.25, -0.2) is 14.6 Å². The quantitative estimate of drug-likeness (QED) is 0.406. The third kappa shape index (κ3) is 5.10. The standard InChI is InChI=1S/C26H21NO5/c1-2-30-24(28)17-31-22-14-8-18(9-15-22)16-23-26(29)32-25(27-23)21-12-10-20(11-13-21)19-6-4-3-5-7-19/h3-16H,2,17H2,1H3/b23-16-. The van der Waals surface area contributed by atoms with Crippen LogP contribution in [0.5, 0.6) is 5.75 Å². The Morgan fingerprint density at radius 1 is 0.906 bits per heavy atom. The van der Waals surface area contributed by atoms with E-state index in [0.29, 0.717) is 12.4 Å². The summed E-state index contributed by atoms with van der Waals surface area (Å²) in [5.74, 6) is -0.131. The molecule has 160 valence electrons. The lowest BCUT2D eigenvalue weighted by molar-refractivity contribution is -0.145. The predicted molar refractivity (Wildman–Crippen MR) is 121 cm³/mol. The Morgan fingerprint density at radius 3 is 2.25 bits per heavy atom. The van der Waals surface area contributed by atoms with E-state index in [1.807, 2.05) is 54.6 Å². The van der Waals surface area contributed by atoms with Crippen LogP contribution in [0.2, 0.25) is 0 Å². The lowest BCUT2D eigenvalue weighted by Gasteiger charge is -2.05. The van der Waals surface area contributed by atoms with Crippen LogP contribution >= 0.6 is 0 Å². The molecule has 6 heteroatoms. The monoisotopic (exact) mass is 427 g/mol. The topological polar surface area (TPSA) is 74.2 Å². The van der Waals surface area contributed by atoms with Gasteiger partial charge < -0.3 is 14.2 Å². The molecule has 1 heterocycles. The number of rotatable bonds is 7. The number of cyclic esters (lactones) is 1. The molecular weight excluding hydrogens is 406 g/mol. The fourth-order valence-electron chi connectivity index (χ4n) is 3.13. The zero-order chi connectivity index (χ0) is 22.3. The number of benzene rings is 3. The van der Waals surface area contributed by atoms with Crippen molar-refractivity contribution in [2.45, 2.75) is 6.92 Å². The first-order chi connectivity index (χ1) is 15.6. The van der Waals surface area contributed by atoms with Crippen molar-refractivity contribution in [1.29, 1.82) is 0 Å². The number of hydrogen-bond acceptors (Lipinski definition) is 6. The minimum atomic E-state index is -0.505. The van der Waals surface area contributed by atoms with E-state index >= 15 is 0 Å². The van der Waals surface area contributed by atoms with Crippen LogP contribution in [-0.4, -0.2) is 31.1 Å². The Balaban J connectivity index is 1.45. The van der Waals surface area contributed by atoms with Crippen LogP contribution in [0.15, 0.2) is 89.6 Å². The summed E-state index contributed by atoms with van der Waals surface area (Å²) in [5.41, 5.74) is 3.88. The molecule has 3 aromatic carbocycles. The van der Waals surface area contributed by atoms with Crippen LogP contribution in [0, 0.1) is 0 Å². The van der Waals surface area contributed by atoms with E-state index in [9.17, 15) is 9.59 Å². The highest BCUT2D eigenvalue weighted by Crippen LogP contribution is 2.23. The van der Waals surface area contributed by atoms with Gasteiger partial charge in [0.1, 0.15) is 5.75 Å². The Labute approximate surface area is 185 Å². The molecule has 0 unspecified atom stereocenters. The highest BCUT2D eigenvalue weighted by Gasteiger charge is 2.24. The number of esters is 2. The molecule has 0 saturated heterocycles. The van der Waals surface area contributed by atoms with Gasteiger partial charge in [0, 0.05) is 5.56 Å². The molecule has 3 aromatic rings. The van der Waals surface area contributed by atoms with E-state index in [-0.39, 0.29) is 18.2 Å². The molecule has 0 fully saturated rings. The summed E-state index contributed by atoms with van der Waals surface area (Å²) in [6, 6.07) is 24.7. The van der Waals surface area contributed by atoms with Gasteiger partial charge >= 0.3 is 11.9 Å². The summed E-state index contributed by atoms with van der Waals surface area (Å²) < 4.78 is 15.5. The second kappa shape index (κ2) is 9.75. The highest BCUT2D eigenvalue weighted by molar-refractivity contribution is 6.13. The molecule has 0 aromatic heterocycles. The number of carbonyl (C=O) groups is 2. The minimum Gasteiger partial charge on any atom is -0.482 e. The van der Waals surface area contributed by atoms with Crippen molar-refractivity contribution in [2.75, 3.05) is 13.2 Å². The molecule has 0 saturated carbocycles. The van der Waals surface area contributed by atoms with E-state index in [1.54, 1.807) is 37.3 Å². The van der Waals surface area contributed by atoms with Crippen LogP contribution in [0.4, 0.5) is 0 Å². The number of ether oxygens (including phenoxy) is 3. The zero-order valence-corrected chi connectivity index (χ0v) is 17.5. The maximum Gasteiger partial charge on any atom is 0.363 e. The summed E-state index contributed by atoms with van der Waals surface area (Å²) in [6.45, 7) is 1.89. The average molecular weight is 427 g/mol. The molecule has 0 radical (unpaired) electrons. The third-order valence-corrected chi connectivity index (χ3v) is 4.70. The van der Waals surface area contributed by atoms with Gasteiger partial charge in [-0.3, -0.25) is 0 Å². The number of nitrogens with zero attached hydrogens (tertiary/aromatic N) is 1. The molecule has 1 aliphatic heterocycles. The van der Waals surface area contributed by atoms with Crippen LogP contribution in [0.3, 0.4) is 0 Å². The maximum absolute atomic E-state index is 12.3. The van der Waals surface area contributed by atoms with Crippen molar-refractivity contribution in [3.8, 4) is 16.9 Å². The third-order valence-electron chi connectivity index (χ3n) is 4.70. The Morgan fingerprint density at radius 2 is 1.56 bits per heavy atom. The lowest BCUT2D eigenvalue weighted by atomic mass is 10.0. The lowest BCUT2D eigenvalue weighted by Crippen LogP contribution is -2.14. The molecule has 6 nitrogen and oxygen atoms in total. The molecule has 0 aliphatic carbocycles. The van der Waals surface area contributed by atoms with E-state index in [0.717, 1.165) is 22.3 Å². The summed E-state index contributed by atoms with van der Waals surface area (Å²) in [6.07, 6.45) is 1.64. The van der Waals surface area contributed by atoms with Crippen LogP contribution in [0.1, 0.15) is 18.1 Å².